The van der Waals surface area contributed by atoms with Crippen LogP contribution < -0.4 is 4.74 Å². The van der Waals surface area contributed by atoms with Crippen molar-refractivity contribution in [3.8, 4) is 5.75 Å². The second kappa shape index (κ2) is 6.23. The lowest BCUT2D eigenvalue weighted by Crippen LogP contribution is -2.01. The molecule has 0 spiro atoms. The van der Waals surface area contributed by atoms with Crippen LogP contribution in [0.2, 0.25) is 5.02 Å². The monoisotopic (exact) mass is 282 g/mol. The van der Waals surface area contributed by atoms with Gasteiger partial charge in [-0.25, -0.2) is 0 Å². The van der Waals surface area contributed by atoms with Crippen LogP contribution in [0, 0.1) is 0 Å². The number of methoxy groups -OCH3 is 1. The lowest BCUT2D eigenvalue weighted by molar-refractivity contribution is 0.164. The summed E-state index contributed by atoms with van der Waals surface area (Å²) < 4.78 is 5.24. The maximum atomic E-state index is 10.2. The van der Waals surface area contributed by atoms with Gasteiger partial charge in [0, 0.05) is 15.5 Å². The summed E-state index contributed by atoms with van der Waals surface area (Å²) >= 11 is 7.61. The summed E-state index contributed by atoms with van der Waals surface area (Å²) in [5, 5.41) is 12.9. The van der Waals surface area contributed by atoms with E-state index in [0.29, 0.717) is 17.2 Å². The number of aryl methyl sites for hydroxylation is 1. The van der Waals surface area contributed by atoms with Crippen LogP contribution in [-0.4, -0.2) is 12.2 Å². The zero-order valence-corrected chi connectivity index (χ0v) is 11.7. The molecular weight excluding hydrogens is 268 g/mol. The normalized spacial score (nSPS) is 12.4. The molecule has 1 aromatic heterocycles. The van der Waals surface area contributed by atoms with Crippen LogP contribution in [-0.2, 0) is 6.42 Å². The van der Waals surface area contributed by atoms with Crippen LogP contribution in [0.4, 0.5) is 0 Å². The largest absolute Gasteiger partial charge is 0.496 e. The topological polar surface area (TPSA) is 29.5 Å². The van der Waals surface area contributed by atoms with Crippen LogP contribution in [0.5, 0.6) is 5.75 Å². The van der Waals surface area contributed by atoms with Crippen molar-refractivity contribution in [1.82, 2.24) is 0 Å². The summed E-state index contributed by atoms with van der Waals surface area (Å²) in [5.41, 5.74) is 0.790. The summed E-state index contributed by atoms with van der Waals surface area (Å²) in [6.45, 7) is 0. The first kappa shape index (κ1) is 13.4. The molecule has 0 saturated heterocycles. The summed E-state index contributed by atoms with van der Waals surface area (Å²) in [4.78, 5) is 1.28. The Bertz CT molecular complexity index is 497. The molecule has 18 heavy (non-hydrogen) atoms. The summed E-state index contributed by atoms with van der Waals surface area (Å²) in [6, 6.07) is 9.42. The van der Waals surface area contributed by atoms with E-state index in [9.17, 15) is 5.11 Å². The van der Waals surface area contributed by atoms with Gasteiger partial charge in [-0.05, 0) is 36.4 Å². The fourth-order valence-electron chi connectivity index (χ4n) is 1.85. The van der Waals surface area contributed by atoms with Crippen molar-refractivity contribution in [2.45, 2.75) is 18.9 Å². The highest BCUT2D eigenvalue weighted by Gasteiger charge is 2.13. The molecule has 1 unspecified atom stereocenters. The minimum absolute atomic E-state index is 0.528. The molecule has 1 N–H and O–H groups in total. The van der Waals surface area contributed by atoms with E-state index in [1.807, 2.05) is 17.5 Å². The Morgan fingerprint density at radius 3 is 2.89 bits per heavy atom. The Hall–Kier alpha value is -1.03. The number of hydrogen-bond donors (Lipinski definition) is 1. The number of rotatable bonds is 5. The van der Waals surface area contributed by atoms with Crippen molar-refractivity contribution < 1.29 is 9.84 Å². The fourth-order valence-corrected chi connectivity index (χ4v) is 2.74. The number of halogens is 1. The molecule has 0 aliphatic rings. The SMILES string of the molecule is COc1cc(Cl)ccc1C(O)CCc1cccs1. The second-order valence-corrected chi connectivity index (χ2v) is 5.49. The summed E-state index contributed by atoms with van der Waals surface area (Å²) in [7, 11) is 1.58. The molecule has 0 aliphatic heterocycles. The van der Waals surface area contributed by atoms with Crippen molar-refractivity contribution in [2.75, 3.05) is 7.11 Å². The molecule has 0 fully saturated rings. The lowest BCUT2D eigenvalue weighted by atomic mass is 10.0. The minimum atomic E-state index is -0.528. The zero-order chi connectivity index (χ0) is 13.0. The van der Waals surface area contributed by atoms with Gasteiger partial charge in [-0.15, -0.1) is 11.3 Å². The highest BCUT2D eigenvalue weighted by atomic mass is 35.5. The average molecular weight is 283 g/mol. The fraction of sp³-hybridized carbons (Fsp3) is 0.286. The number of aliphatic hydroxyl groups is 1. The van der Waals surface area contributed by atoms with Crippen LogP contribution in [0.3, 0.4) is 0 Å². The van der Waals surface area contributed by atoms with E-state index < -0.39 is 6.10 Å². The minimum Gasteiger partial charge on any atom is -0.496 e. The van der Waals surface area contributed by atoms with Gasteiger partial charge in [-0.2, -0.15) is 0 Å². The third-order valence-corrected chi connectivity index (χ3v) is 3.97. The molecule has 0 bridgehead atoms. The lowest BCUT2D eigenvalue weighted by Gasteiger charge is -2.14. The molecule has 96 valence electrons. The number of hydrogen-bond acceptors (Lipinski definition) is 3. The van der Waals surface area contributed by atoms with Gasteiger partial charge < -0.3 is 9.84 Å². The highest BCUT2D eigenvalue weighted by molar-refractivity contribution is 7.09. The molecule has 0 amide bonds. The Morgan fingerprint density at radius 2 is 2.22 bits per heavy atom. The maximum Gasteiger partial charge on any atom is 0.126 e. The number of thiophene rings is 1. The summed E-state index contributed by atoms with van der Waals surface area (Å²) in [6.07, 6.45) is 1.02. The van der Waals surface area contributed by atoms with E-state index in [1.54, 1.807) is 30.6 Å². The number of benzene rings is 1. The van der Waals surface area contributed by atoms with Gasteiger partial charge in [0.25, 0.3) is 0 Å². The van der Waals surface area contributed by atoms with Crippen molar-refractivity contribution in [3.05, 3.63) is 51.2 Å². The van der Waals surface area contributed by atoms with Crippen LogP contribution in [0.15, 0.2) is 35.7 Å². The first-order chi connectivity index (χ1) is 8.70. The molecular formula is C14H15ClO2S. The maximum absolute atomic E-state index is 10.2. The van der Waals surface area contributed by atoms with Gasteiger partial charge in [0.15, 0.2) is 0 Å². The van der Waals surface area contributed by atoms with Gasteiger partial charge in [0.1, 0.15) is 5.75 Å². The van der Waals surface area contributed by atoms with Crippen molar-refractivity contribution in [2.24, 2.45) is 0 Å². The predicted molar refractivity (Wildman–Crippen MR) is 75.6 cm³/mol. The Kier molecular flexibility index (Phi) is 4.64. The quantitative estimate of drug-likeness (QED) is 0.895. The van der Waals surface area contributed by atoms with Crippen molar-refractivity contribution >= 4 is 22.9 Å². The van der Waals surface area contributed by atoms with Gasteiger partial charge in [0.05, 0.1) is 13.2 Å². The van der Waals surface area contributed by atoms with E-state index in [4.69, 9.17) is 16.3 Å². The molecule has 1 aromatic carbocycles. The molecule has 1 atom stereocenters. The molecule has 4 heteroatoms. The summed E-state index contributed by atoms with van der Waals surface area (Å²) in [5.74, 6) is 0.640. The Labute approximate surface area is 116 Å². The van der Waals surface area contributed by atoms with Crippen molar-refractivity contribution in [3.63, 3.8) is 0 Å². The average Bonchev–Trinajstić information content (AvgIpc) is 2.88. The van der Waals surface area contributed by atoms with Gasteiger partial charge in [-0.1, -0.05) is 23.7 Å². The van der Waals surface area contributed by atoms with Crippen LogP contribution >= 0.6 is 22.9 Å². The van der Waals surface area contributed by atoms with E-state index in [-0.39, 0.29) is 0 Å². The van der Waals surface area contributed by atoms with Gasteiger partial charge in [-0.3, -0.25) is 0 Å². The molecule has 1 heterocycles. The highest BCUT2D eigenvalue weighted by Crippen LogP contribution is 2.31. The standard InChI is InChI=1S/C14H15ClO2S/c1-17-14-9-10(15)4-6-12(14)13(16)7-5-11-3-2-8-18-11/h2-4,6,8-9,13,16H,5,7H2,1H3. The first-order valence-corrected chi connectivity index (χ1v) is 7.00. The van der Waals surface area contributed by atoms with Gasteiger partial charge >= 0.3 is 0 Å². The Balaban J connectivity index is 2.06. The Morgan fingerprint density at radius 1 is 1.39 bits per heavy atom. The predicted octanol–water partition coefficient (Wildman–Crippen LogP) is 4.08. The number of aliphatic hydroxyl groups excluding tert-OH is 1. The van der Waals surface area contributed by atoms with Gasteiger partial charge in [0.2, 0.25) is 0 Å². The smallest absolute Gasteiger partial charge is 0.126 e. The molecule has 0 radical (unpaired) electrons. The molecule has 0 saturated carbocycles. The van der Waals surface area contributed by atoms with E-state index in [2.05, 4.69) is 6.07 Å². The molecule has 2 rings (SSSR count). The van der Waals surface area contributed by atoms with Crippen LogP contribution in [0.25, 0.3) is 0 Å². The molecule has 2 aromatic rings. The van der Waals surface area contributed by atoms with E-state index in [0.717, 1.165) is 12.0 Å². The van der Waals surface area contributed by atoms with E-state index in [1.165, 1.54) is 4.88 Å². The third-order valence-electron chi connectivity index (χ3n) is 2.80. The molecule has 2 nitrogen and oxygen atoms in total. The van der Waals surface area contributed by atoms with Crippen molar-refractivity contribution in [1.29, 1.82) is 0 Å². The van der Waals surface area contributed by atoms with Crippen LogP contribution in [0.1, 0.15) is 23.0 Å². The zero-order valence-electron chi connectivity index (χ0n) is 10.1. The number of ether oxygens (including phenoxy) is 1. The third kappa shape index (κ3) is 3.25. The molecule has 0 aliphatic carbocycles. The van der Waals surface area contributed by atoms with E-state index >= 15 is 0 Å². The second-order valence-electron chi connectivity index (χ2n) is 4.02. The first-order valence-electron chi connectivity index (χ1n) is 5.74.